The number of rotatable bonds is 5. The summed E-state index contributed by atoms with van der Waals surface area (Å²) < 4.78 is 2.01. The Morgan fingerprint density at radius 3 is 1.74 bits per heavy atom. The molecule has 0 unspecified atom stereocenters. The molecular formula is C34H25IrN4-. The van der Waals surface area contributed by atoms with Gasteiger partial charge in [-0.05, 0) is 34.4 Å². The van der Waals surface area contributed by atoms with Gasteiger partial charge in [0.1, 0.15) is 12.0 Å². The third-order valence-electron chi connectivity index (χ3n) is 6.33. The summed E-state index contributed by atoms with van der Waals surface area (Å²) in [6, 6.07) is 44.2. The van der Waals surface area contributed by atoms with Gasteiger partial charge in [0.2, 0.25) is 0 Å². The minimum Gasteiger partial charge on any atom is -0.322 e. The quantitative estimate of drug-likeness (QED) is 0.171. The fraction of sp³-hybridized carbons (Fsp3) is 0.0294. The Kier molecular flexibility index (Phi) is 8.63. The van der Waals surface area contributed by atoms with Crippen molar-refractivity contribution in [1.29, 1.82) is 0 Å². The molecule has 6 aromatic rings. The van der Waals surface area contributed by atoms with Crippen molar-refractivity contribution in [1.82, 2.24) is 14.8 Å². The topological polar surface area (TPSA) is 35.1 Å². The molecule has 6 rings (SSSR count). The summed E-state index contributed by atoms with van der Waals surface area (Å²) in [6.45, 7) is 7.45. The van der Waals surface area contributed by atoms with E-state index < -0.39 is 0 Å². The minimum absolute atomic E-state index is 0. The van der Waals surface area contributed by atoms with Gasteiger partial charge in [0, 0.05) is 31.2 Å². The van der Waals surface area contributed by atoms with Gasteiger partial charge in [-0.2, -0.15) is 11.2 Å². The summed E-state index contributed by atoms with van der Waals surface area (Å²) in [5, 5.41) is 8.76. The maximum atomic E-state index is 7.45. The van der Waals surface area contributed by atoms with Gasteiger partial charge in [-0.3, -0.25) is 4.85 Å². The van der Waals surface area contributed by atoms with Crippen LogP contribution in [0.2, 0.25) is 0 Å². The molecule has 0 spiro atoms. The molecule has 0 saturated heterocycles. The van der Waals surface area contributed by atoms with Crippen molar-refractivity contribution in [2.24, 2.45) is 0 Å². The Morgan fingerprint density at radius 2 is 1.21 bits per heavy atom. The summed E-state index contributed by atoms with van der Waals surface area (Å²) in [6.07, 6.45) is 1.74. The van der Waals surface area contributed by atoms with Gasteiger partial charge in [-0.1, -0.05) is 98.4 Å². The Balaban J connectivity index is 0.00000176. The van der Waals surface area contributed by atoms with Crippen molar-refractivity contribution < 1.29 is 20.1 Å². The van der Waals surface area contributed by atoms with E-state index in [0.29, 0.717) is 11.5 Å². The smallest absolute Gasteiger partial charge is 0.115 e. The van der Waals surface area contributed by atoms with E-state index in [2.05, 4.69) is 106 Å². The van der Waals surface area contributed by atoms with Gasteiger partial charge in [0.25, 0.3) is 0 Å². The molecule has 1 aromatic heterocycles. The van der Waals surface area contributed by atoms with E-state index in [9.17, 15) is 0 Å². The summed E-state index contributed by atoms with van der Waals surface area (Å²) in [5.41, 5.74) is 8.79. The molecule has 0 saturated carbocycles. The standard InChI is InChI=1S/C33H21N4.CH4.Ir/c1-34-29-19-11-18-27(20-29)33-36-35-23-37(33)32-30(25-14-7-3-8-15-25)21-28(24-12-5-2-6-13-24)22-31(32)26-16-9-4-10-17-26;;/h2-17,19-23H;1H4;/q-1;;. The van der Waals surface area contributed by atoms with Crippen molar-refractivity contribution in [2.75, 3.05) is 0 Å². The zero-order chi connectivity index (χ0) is 25.0. The second-order valence-electron chi connectivity index (χ2n) is 8.61. The van der Waals surface area contributed by atoms with Gasteiger partial charge in [0.15, 0.2) is 0 Å². The van der Waals surface area contributed by atoms with Crippen LogP contribution in [0.25, 0.3) is 55.3 Å². The van der Waals surface area contributed by atoms with E-state index in [1.165, 1.54) is 0 Å². The normalized spacial score (nSPS) is 10.1. The van der Waals surface area contributed by atoms with Crippen molar-refractivity contribution >= 4 is 5.69 Å². The average Bonchev–Trinajstić information content (AvgIpc) is 3.47. The molecular weight excluding hydrogens is 657 g/mol. The Hall–Kier alpha value is -4.62. The zero-order valence-corrected chi connectivity index (χ0v) is 22.6. The number of benzene rings is 5. The Morgan fingerprint density at radius 1 is 0.667 bits per heavy atom. The second-order valence-corrected chi connectivity index (χ2v) is 8.61. The molecule has 0 aliphatic carbocycles. The molecule has 1 heterocycles. The molecule has 0 bridgehead atoms. The van der Waals surface area contributed by atoms with Crippen LogP contribution in [0.4, 0.5) is 5.69 Å². The van der Waals surface area contributed by atoms with Crippen LogP contribution in [0, 0.1) is 12.6 Å². The summed E-state index contributed by atoms with van der Waals surface area (Å²) in [7, 11) is 0. The van der Waals surface area contributed by atoms with Crippen molar-refractivity contribution in [3.63, 3.8) is 0 Å². The van der Waals surface area contributed by atoms with Crippen LogP contribution in [0.5, 0.6) is 0 Å². The van der Waals surface area contributed by atoms with Crippen LogP contribution in [0.1, 0.15) is 7.43 Å². The van der Waals surface area contributed by atoms with Crippen LogP contribution < -0.4 is 0 Å². The van der Waals surface area contributed by atoms with Gasteiger partial charge < -0.3 is 4.57 Å². The average molecular weight is 682 g/mol. The molecule has 0 N–H and O–H groups in total. The van der Waals surface area contributed by atoms with Gasteiger partial charge in [-0.15, -0.1) is 28.9 Å². The fourth-order valence-corrected chi connectivity index (χ4v) is 4.60. The minimum atomic E-state index is 0. The predicted octanol–water partition coefficient (Wildman–Crippen LogP) is 8.92. The molecule has 0 amide bonds. The van der Waals surface area contributed by atoms with Gasteiger partial charge >= 0.3 is 0 Å². The fourth-order valence-electron chi connectivity index (χ4n) is 4.60. The summed E-state index contributed by atoms with van der Waals surface area (Å²) >= 11 is 0. The first-order valence-electron chi connectivity index (χ1n) is 12.0. The van der Waals surface area contributed by atoms with Crippen molar-refractivity contribution in [2.45, 2.75) is 7.43 Å². The number of hydrogen-bond acceptors (Lipinski definition) is 2. The van der Waals surface area contributed by atoms with E-state index in [4.69, 9.17) is 6.57 Å². The SMILES string of the molecule is C.[C-]#[N+]c1cc[c-]c(-c2nncn2-c2c(-c3ccccc3)cc(-c3ccccc3)cc2-c2ccccc2)c1.[Ir]. The van der Waals surface area contributed by atoms with Crippen molar-refractivity contribution in [3.8, 4) is 50.5 Å². The summed E-state index contributed by atoms with van der Waals surface area (Å²) in [4.78, 5) is 3.59. The van der Waals surface area contributed by atoms with Gasteiger partial charge in [-0.25, -0.2) is 0 Å². The largest absolute Gasteiger partial charge is 0.322 e. The third kappa shape index (κ3) is 5.49. The molecule has 0 aliphatic heterocycles. The first-order valence-corrected chi connectivity index (χ1v) is 12.0. The third-order valence-corrected chi connectivity index (χ3v) is 6.33. The van der Waals surface area contributed by atoms with Gasteiger partial charge in [0.05, 0.1) is 18.1 Å². The first kappa shape index (κ1) is 27.4. The molecule has 0 atom stereocenters. The van der Waals surface area contributed by atoms with Crippen LogP contribution in [0.3, 0.4) is 0 Å². The molecule has 39 heavy (non-hydrogen) atoms. The van der Waals surface area contributed by atoms with E-state index in [-0.39, 0.29) is 27.5 Å². The van der Waals surface area contributed by atoms with Crippen LogP contribution in [0.15, 0.2) is 128 Å². The molecule has 5 aromatic carbocycles. The molecule has 0 aliphatic rings. The first-order chi connectivity index (χ1) is 18.3. The summed E-state index contributed by atoms with van der Waals surface area (Å²) in [5.74, 6) is 0.632. The molecule has 4 nitrogen and oxygen atoms in total. The van der Waals surface area contributed by atoms with E-state index >= 15 is 0 Å². The Bertz CT molecular complexity index is 1660. The van der Waals surface area contributed by atoms with Crippen LogP contribution in [-0.2, 0) is 20.1 Å². The maximum absolute atomic E-state index is 7.45. The number of aromatic nitrogens is 3. The van der Waals surface area contributed by atoms with E-state index in [1.807, 2.05) is 22.8 Å². The van der Waals surface area contributed by atoms with Crippen LogP contribution >= 0.6 is 0 Å². The maximum Gasteiger partial charge on any atom is 0.115 e. The number of hydrogen-bond donors (Lipinski definition) is 0. The van der Waals surface area contributed by atoms with Crippen LogP contribution in [-0.4, -0.2) is 14.8 Å². The number of nitrogens with zero attached hydrogens (tertiary/aromatic N) is 4. The molecule has 0 fully saturated rings. The second kappa shape index (κ2) is 12.3. The predicted molar refractivity (Wildman–Crippen MR) is 155 cm³/mol. The van der Waals surface area contributed by atoms with E-state index in [0.717, 1.165) is 44.6 Å². The Labute approximate surface area is 242 Å². The van der Waals surface area contributed by atoms with Crippen molar-refractivity contribution in [3.05, 3.63) is 145 Å². The van der Waals surface area contributed by atoms with E-state index in [1.54, 1.807) is 24.5 Å². The zero-order valence-electron chi connectivity index (χ0n) is 20.2. The molecule has 5 heteroatoms. The molecule has 191 valence electrons. The molecule has 1 radical (unpaired) electrons. The monoisotopic (exact) mass is 682 g/mol.